The van der Waals surface area contributed by atoms with Crippen molar-refractivity contribution >= 4 is 11.8 Å². The SMILES string of the molecule is CCCc1cc(C(=O)O)cc(NCC2CCCN2CC)n1. The van der Waals surface area contributed by atoms with Gasteiger partial charge in [0.25, 0.3) is 0 Å². The van der Waals surface area contributed by atoms with Crippen molar-refractivity contribution in [3.05, 3.63) is 23.4 Å². The number of aromatic carboxylic acids is 1. The zero-order valence-corrected chi connectivity index (χ0v) is 12.9. The average molecular weight is 291 g/mol. The average Bonchev–Trinajstić information content (AvgIpc) is 2.92. The van der Waals surface area contributed by atoms with Crippen molar-refractivity contribution in [2.75, 3.05) is 25.0 Å². The van der Waals surface area contributed by atoms with Gasteiger partial charge in [0.2, 0.25) is 0 Å². The maximum Gasteiger partial charge on any atom is 0.335 e. The predicted octanol–water partition coefficient (Wildman–Crippen LogP) is 2.63. The fourth-order valence-corrected chi connectivity index (χ4v) is 2.95. The molecule has 21 heavy (non-hydrogen) atoms. The summed E-state index contributed by atoms with van der Waals surface area (Å²) in [7, 11) is 0. The van der Waals surface area contributed by atoms with Crippen LogP contribution in [0.3, 0.4) is 0 Å². The zero-order chi connectivity index (χ0) is 15.2. The molecule has 0 aliphatic carbocycles. The molecule has 2 N–H and O–H groups in total. The first-order valence-electron chi connectivity index (χ1n) is 7.86. The Labute approximate surface area is 126 Å². The minimum atomic E-state index is -0.895. The topological polar surface area (TPSA) is 65.5 Å². The first-order valence-corrected chi connectivity index (χ1v) is 7.86. The van der Waals surface area contributed by atoms with Gasteiger partial charge in [0.1, 0.15) is 5.82 Å². The summed E-state index contributed by atoms with van der Waals surface area (Å²) in [6.45, 7) is 7.30. The Morgan fingerprint density at radius 1 is 1.48 bits per heavy atom. The number of nitrogens with zero attached hydrogens (tertiary/aromatic N) is 2. The van der Waals surface area contributed by atoms with E-state index in [1.54, 1.807) is 12.1 Å². The molecule has 0 saturated carbocycles. The molecule has 0 aromatic carbocycles. The van der Waals surface area contributed by atoms with Crippen LogP contribution in [0, 0.1) is 0 Å². The molecule has 1 fully saturated rings. The van der Waals surface area contributed by atoms with Gasteiger partial charge in [-0.25, -0.2) is 9.78 Å². The highest BCUT2D eigenvalue weighted by Crippen LogP contribution is 2.18. The van der Waals surface area contributed by atoms with Crippen LogP contribution in [-0.4, -0.2) is 46.6 Å². The third-order valence-electron chi connectivity index (χ3n) is 4.06. The summed E-state index contributed by atoms with van der Waals surface area (Å²) in [5.41, 5.74) is 1.16. The third-order valence-corrected chi connectivity index (χ3v) is 4.06. The van der Waals surface area contributed by atoms with Crippen LogP contribution in [0.5, 0.6) is 0 Å². The predicted molar refractivity (Wildman–Crippen MR) is 84.0 cm³/mol. The van der Waals surface area contributed by atoms with Crippen LogP contribution in [0.1, 0.15) is 49.2 Å². The summed E-state index contributed by atoms with van der Waals surface area (Å²) in [4.78, 5) is 18.2. The molecular formula is C16H25N3O2. The minimum absolute atomic E-state index is 0.315. The van der Waals surface area contributed by atoms with Gasteiger partial charge in [-0.3, -0.25) is 4.90 Å². The van der Waals surface area contributed by atoms with Crippen LogP contribution in [0.4, 0.5) is 5.82 Å². The highest BCUT2D eigenvalue weighted by atomic mass is 16.4. The summed E-state index contributed by atoms with van der Waals surface area (Å²) in [5, 5.41) is 12.5. The molecule has 0 amide bonds. The Morgan fingerprint density at radius 2 is 2.29 bits per heavy atom. The Kier molecular flexibility index (Phi) is 5.56. The molecule has 2 heterocycles. The van der Waals surface area contributed by atoms with E-state index in [-0.39, 0.29) is 0 Å². The number of carboxylic acids is 1. The second-order valence-corrected chi connectivity index (χ2v) is 5.59. The van der Waals surface area contributed by atoms with E-state index < -0.39 is 5.97 Å². The number of carbonyl (C=O) groups is 1. The van der Waals surface area contributed by atoms with Crippen molar-refractivity contribution < 1.29 is 9.90 Å². The monoisotopic (exact) mass is 291 g/mol. The normalized spacial score (nSPS) is 18.9. The van der Waals surface area contributed by atoms with E-state index in [2.05, 4.69) is 29.0 Å². The van der Waals surface area contributed by atoms with E-state index in [9.17, 15) is 9.90 Å². The smallest absolute Gasteiger partial charge is 0.335 e. The Bertz CT molecular complexity index is 490. The lowest BCUT2D eigenvalue weighted by Gasteiger charge is -2.23. The molecule has 0 radical (unpaired) electrons. The molecule has 0 bridgehead atoms. The Hall–Kier alpha value is -1.62. The first-order chi connectivity index (χ1) is 10.1. The van der Waals surface area contributed by atoms with Crippen molar-refractivity contribution in [1.29, 1.82) is 0 Å². The van der Waals surface area contributed by atoms with Crippen LogP contribution in [-0.2, 0) is 6.42 Å². The van der Waals surface area contributed by atoms with Crippen molar-refractivity contribution in [2.45, 2.75) is 45.6 Å². The molecule has 2 rings (SSSR count). The summed E-state index contributed by atoms with van der Waals surface area (Å²) in [6, 6.07) is 3.83. The number of aromatic nitrogens is 1. The lowest BCUT2D eigenvalue weighted by Crippen LogP contribution is -2.34. The first kappa shape index (κ1) is 15.8. The van der Waals surface area contributed by atoms with Crippen molar-refractivity contribution in [2.24, 2.45) is 0 Å². The van der Waals surface area contributed by atoms with E-state index in [1.165, 1.54) is 12.8 Å². The fourth-order valence-electron chi connectivity index (χ4n) is 2.95. The number of nitrogens with one attached hydrogen (secondary N) is 1. The van der Waals surface area contributed by atoms with Gasteiger partial charge in [-0.05, 0) is 44.5 Å². The van der Waals surface area contributed by atoms with Gasteiger partial charge in [-0.15, -0.1) is 0 Å². The van der Waals surface area contributed by atoms with Gasteiger partial charge in [-0.1, -0.05) is 20.3 Å². The molecule has 1 aliphatic rings. The van der Waals surface area contributed by atoms with Crippen LogP contribution >= 0.6 is 0 Å². The zero-order valence-electron chi connectivity index (χ0n) is 12.9. The largest absolute Gasteiger partial charge is 0.478 e. The minimum Gasteiger partial charge on any atom is -0.478 e. The van der Waals surface area contributed by atoms with Crippen molar-refractivity contribution in [1.82, 2.24) is 9.88 Å². The lowest BCUT2D eigenvalue weighted by atomic mass is 10.1. The number of likely N-dealkylation sites (tertiary alicyclic amines) is 1. The molecule has 1 aromatic heterocycles. The van der Waals surface area contributed by atoms with Gasteiger partial charge in [0.05, 0.1) is 5.56 Å². The van der Waals surface area contributed by atoms with Crippen LogP contribution in [0.2, 0.25) is 0 Å². The number of hydrogen-bond donors (Lipinski definition) is 2. The maximum atomic E-state index is 11.2. The van der Waals surface area contributed by atoms with Gasteiger partial charge < -0.3 is 10.4 Å². The molecular weight excluding hydrogens is 266 g/mol. The summed E-state index contributed by atoms with van der Waals surface area (Å²) >= 11 is 0. The second kappa shape index (κ2) is 7.41. The van der Waals surface area contributed by atoms with E-state index in [4.69, 9.17) is 0 Å². The molecule has 1 atom stereocenters. The Balaban J connectivity index is 2.06. The second-order valence-electron chi connectivity index (χ2n) is 5.59. The number of pyridine rings is 1. The van der Waals surface area contributed by atoms with E-state index in [0.29, 0.717) is 17.4 Å². The highest BCUT2D eigenvalue weighted by Gasteiger charge is 2.22. The summed E-state index contributed by atoms with van der Waals surface area (Å²) in [6.07, 6.45) is 4.20. The Morgan fingerprint density at radius 3 is 2.95 bits per heavy atom. The summed E-state index contributed by atoms with van der Waals surface area (Å²) < 4.78 is 0. The standard InChI is InChI=1S/C16H25N3O2/c1-3-6-13-9-12(16(20)21)10-15(18-13)17-11-14-7-5-8-19(14)4-2/h9-10,14H,3-8,11H2,1-2H3,(H,17,18)(H,20,21). The van der Waals surface area contributed by atoms with Crippen LogP contribution < -0.4 is 5.32 Å². The molecule has 1 aromatic rings. The van der Waals surface area contributed by atoms with Crippen molar-refractivity contribution in [3.63, 3.8) is 0 Å². The number of anilines is 1. The maximum absolute atomic E-state index is 11.2. The molecule has 5 heteroatoms. The third kappa shape index (κ3) is 4.17. The molecule has 5 nitrogen and oxygen atoms in total. The van der Waals surface area contributed by atoms with Gasteiger partial charge in [-0.2, -0.15) is 0 Å². The van der Waals surface area contributed by atoms with Gasteiger partial charge >= 0.3 is 5.97 Å². The van der Waals surface area contributed by atoms with Crippen LogP contribution in [0.15, 0.2) is 12.1 Å². The van der Waals surface area contributed by atoms with Gasteiger partial charge in [0.15, 0.2) is 0 Å². The molecule has 1 saturated heterocycles. The fraction of sp³-hybridized carbons (Fsp3) is 0.625. The number of carboxylic acid groups (broad SMARTS) is 1. The van der Waals surface area contributed by atoms with E-state index in [1.807, 2.05) is 0 Å². The number of likely N-dealkylation sites (N-methyl/N-ethyl adjacent to an activating group) is 1. The number of hydrogen-bond acceptors (Lipinski definition) is 4. The summed E-state index contributed by atoms with van der Waals surface area (Å²) in [5.74, 6) is -0.213. The molecule has 116 valence electrons. The lowest BCUT2D eigenvalue weighted by molar-refractivity contribution is 0.0696. The van der Waals surface area contributed by atoms with E-state index >= 15 is 0 Å². The number of rotatable bonds is 7. The quantitative estimate of drug-likeness (QED) is 0.808. The van der Waals surface area contributed by atoms with Crippen molar-refractivity contribution in [3.8, 4) is 0 Å². The molecule has 1 aliphatic heterocycles. The van der Waals surface area contributed by atoms with Crippen LogP contribution in [0.25, 0.3) is 0 Å². The molecule has 0 spiro atoms. The van der Waals surface area contributed by atoms with E-state index in [0.717, 1.165) is 38.2 Å². The highest BCUT2D eigenvalue weighted by molar-refractivity contribution is 5.88. The number of aryl methyl sites for hydroxylation is 1. The van der Waals surface area contributed by atoms with Gasteiger partial charge in [0, 0.05) is 18.3 Å². The molecule has 1 unspecified atom stereocenters.